The van der Waals surface area contributed by atoms with E-state index in [4.69, 9.17) is 0 Å². The molecule has 7 rings (SSSR count). The molecule has 0 nitrogen and oxygen atoms in total. The minimum Gasteiger partial charge on any atom is -0.0656 e. The van der Waals surface area contributed by atoms with E-state index in [9.17, 15) is 0 Å². The van der Waals surface area contributed by atoms with Crippen molar-refractivity contribution in [1.29, 1.82) is 0 Å². The van der Waals surface area contributed by atoms with Crippen molar-refractivity contribution in [2.24, 2.45) is 21.7 Å². The highest BCUT2D eigenvalue weighted by molar-refractivity contribution is 6.88. The van der Waals surface area contributed by atoms with Crippen molar-refractivity contribution in [1.82, 2.24) is 0 Å². The predicted molar refractivity (Wildman–Crippen MR) is 124 cm³/mol. The van der Waals surface area contributed by atoms with E-state index < -0.39 is 8.07 Å². The largest absolute Gasteiger partial charge is 0.0776 e. The second-order valence-electron chi connectivity index (χ2n) is 14.7. The topological polar surface area (TPSA) is 0 Å². The Balaban J connectivity index is 1.48. The smallest absolute Gasteiger partial charge is 0.0656 e. The summed E-state index contributed by atoms with van der Waals surface area (Å²) in [5.41, 5.74) is 6.73. The SMILES string of the molecule is CC(C)(C)C12CC(c3cc(C45CC(C(C)(C)C)(C4)C5)cc([Si](C)(C)C)c3)(C1)C2. The molecule has 0 saturated heterocycles. The maximum atomic E-state index is 2.70. The van der Waals surface area contributed by atoms with Gasteiger partial charge in [0, 0.05) is 0 Å². The molecule has 6 saturated carbocycles. The van der Waals surface area contributed by atoms with Crippen LogP contribution in [0.3, 0.4) is 0 Å². The van der Waals surface area contributed by atoms with Gasteiger partial charge in [0.2, 0.25) is 0 Å². The van der Waals surface area contributed by atoms with Crippen LogP contribution in [0.15, 0.2) is 18.2 Å². The molecule has 1 heteroatoms. The zero-order chi connectivity index (χ0) is 20.6. The molecular weight excluding hydrogens is 352 g/mol. The van der Waals surface area contributed by atoms with Gasteiger partial charge in [-0.15, -0.1) is 0 Å². The molecule has 28 heavy (non-hydrogen) atoms. The third-order valence-electron chi connectivity index (χ3n) is 10.3. The van der Waals surface area contributed by atoms with Crippen LogP contribution < -0.4 is 5.19 Å². The lowest BCUT2D eigenvalue weighted by Gasteiger charge is -2.77. The van der Waals surface area contributed by atoms with Gasteiger partial charge in [-0.1, -0.05) is 84.6 Å². The Morgan fingerprint density at radius 2 is 0.929 bits per heavy atom. The van der Waals surface area contributed by atoms with Crippen LogP contribution in [-0.4, -0.2) is 8.07 Å². The summed E-state index contributed by atoms with van der Waals surface area (Å²) in [6.07, 6.45) is 8.65. The third-order valence-corrected chi connectivity index (χ3v) is 12.3. The van der Waals surface area contributed by atoms with E-state index in [0.717, 1.165) is 0 Å². The highest BCUT2D eigenvalue weighted by Gasteiger charge is 2.73. The van der Waals surface area contributed by atoms with Crippen molar-refractivity contribution < 1.29 is 0 Å². The van der Waals surface area contributed by atoms with Crippen molar-refractivity contribution in [2.45, 2.75) is 111 Å². The Hall–Kier alpha value is -0.563. The fourth-order valence-corrected chi connectivity index (χ4v) is 8.63. The molecule has 0 atom stereocenters. The molecule has 0 aromatic heterocycles. The highest BCUT2D eigenvalue weighted by Crippen LogP contribution is 2.81. The first kappa shape index (κ1) is 19.4. The van der Waals surface area contributed by atoms with Crippen LogP contribution in [0.25, 0.3) is 0 Å². The van der Waals surface area contributed by atoms with Gasteiger partial charge >= 0.3 is 0 Å². The second kappa shape index (κ2) is 4.84. The summed E-state index contributed by atoms with van der Waals surface area (Å²) in [5, 5.41) is 1.71. The molecule has 0 radical (unpaired) electrons. The molecule has 0 unspecified atom stereocenters. The van der Waals surface area contributed by atoms with Gasteiger partial charge in [0.25, 0.3) is 0 Å². The summed E-state index contributed by atoms with van der Waals surface area (Å²) in [6.45, 7) is 22.4. The lowest BCUT2D eigenvalue weighted by Crippen LogP contribution is -2.70. The van der Waals surface area contributed by atoms with E-state index in [0.29, 0.717) is 32.5 Å². The molecule has 154 valence electrons. The lowest BCUT2D eigenvalue weighted by atomic mass is 9.27. The van der Waals surface area contributed by atoms with Crippen molar-refractivity contribution in [2.75, 3.05) is 0 Å². The first-order valence-corrected chi connectivity index (χ1v) is 15.2. The molecule has 1 aromatic carbocycles. The molecule has 4 bridgehead atoms. The van der Waals surface area contributed by atoms with E-state index in [2.05, 4.69) is 79.4 Å². The van der Waals surface area contributed by atoms with Crippen LogP contribution in [0.2, 0.25) is 19.6 Å². The first-order valence-electron chi connectivity index (χ1n) is 11.7. The molecule has 6 aliphatic rings. The summed E-state index contributed by atoms with van der Waals surface area (Å²) >= 11 is 0. The average Bonchev–Trinajstić information content (AvgIpc) is 2.26. The van der Waals surface area contributed by atoms with E-state index in [-0.39, 0.29) is 0 Å². The first-order chi connectivity index (χ1) is 12.6. The third kappa shape index (κ3) is 2.18. The molecule has 0 aliphatic heterocycles. The Kier molecular flexibility index (Phi) is 3.36. The molecule has 6 fully saturated rings. The van der Waals surface area contributed by atoms with Gasteiger partial charge in [-0.25, -0.2) is 0 Å². The van der Waals surface area contributed by atoms with E-state index in [1.807, 2.05) is 0 Å². The van der Waals surface area contributed by atoms with Crippen molar-refractivity contribution in [3.63, 3.8) is 0 Å². The van der Waals surface area contributed by atoms with Gasteiger partial charge in [-0.3, -0.25) is 0 Å². The summed E-state index contributed by atoms with van der Waals surface area (Å²) in [7, 11) is -1.31. The van der Waals surface area contributed by atoms with Crippen molar-refractivity contribution >= 4 is 13.3 Å². The molecule has 6 aliphatic carbocycles. The number of hydrogen-bond acceptors (Lipinski definition) is 0. The highest BCUT2D eigenvalue weighted by atomic mass is 28.3. The standard InChI is InChI=1S/C27H42Si/c1-22(2,3)26-13-24(14-26,15-26)19-10-20(12-21(11-19)28(7,8)9)25-16-27(17-25,18-25)23(4,5)6/h10-12H,13-18H2,1-9H3. The Labute approximate surface area is 174 Å². The van der Waals surface area contributed by atoms with Crippen LogP contribution in [-0.2, 0) is 10.8 Å². The molecule has 0 N–H and O–H groups in total. The van der Waals surface area contributed by atoms with Gasteiger partial charge in [0.1, 0.15) is 0 Å². The summed E-state index contributed by atoms with van der Waals surface area (Å²) < 4.78 is 0. The lowest BCUT2D eigenvalue weighted by molar-refractivity contribution is -0.211. The zero-order valence-corrected chi connectivity index (χ0v) is 21.0. The Morgan fingerprint density at radius 3 is 1.18 bits per heavy atom. The quantitative estimate of drug-likeness (QED) is 0.477. The van der Waals surface area contributed by atoms with E-state index >= 15 is 0 Å². The summed E-state index contributed by atoms with van der Waals surface area (Å²) in [4.78, 5) is 0. The minimum atomic E-state index is -1.31. The Bertz CT molecular complexity index is 750. The molecule has 0 spiro atoms. The zero-order valence-electron chi connectivity index (χ0n) is 20.0. The normalized spacial score (nSPS) is 41.5. The fourth-order valence-electron chi connectivity index (χ4n) is 7.45. The maximum absolute atomic E-state index is 2.70. The summed E-state index contributed by atoms with van der Waals surface area (Å²) in [5.74, 6) is 0. The molecule has 1 aromatic rings. The second-order valence-corrected chi connectivity index (χ2v) is 19.8. The van der Waals surface area contributed by atoms with Gasteiger partial charge in [-0.05, 0) is 82.1 Å². The predicted octanol–water partition coefficient (Wildman–Crippen LogP) is 7.17. The Morgan fingerprint density at radius 1 is 0.607 bits per heavy atom. The van der Waals surface area contributed by atoms with Crippen LogP contribution in [0.5, 0.6) is 0 Å². The monoisotopic (exact) mass is 394 g/mol. The van der Waals surface area contributed by atoms with Gasteiger partial charge in [-0.2, -0.15) is 0 Å². The minimum absolute atomic E-state index is 0.473. The fraction of sp³-hybridized carbons (Fsp3) is 0.778. The number of benzene rings is 1. The van der Waals surface area contributed by atoms with Crippen LogP contribution >= 0.6 is 0 Å². The van der Waals surface area contributed by atoms with Crippen LogP contribution in [0.1, 0.15) is 91.2 Å². The molecule has 0 amide bonds. The van der Waals surface area contributed by atoms with Gasteiger partial charge < -0.3 is 0 Å². The number of hydrogen-bond donors (Lipinski definition) is 0. The van der Waals surface area contributed by atoms with E-state index in [1.165, 1.54) is 38.5 Å². The average molecular weight is 395 g/mol. The summed E-state index contributed by atoms with van der Waals surface area (Å²) in [6, 6.07) is 8.01. The van der Waals surface area contributed by atoms with Crippen LogP contribution in [0.4, 0.5) is 0 Å². The molecule has 0 heterocycles. The van der Waals surface area contributed by atoms with Crippen molar-refractivity contribution in [3.05, 3.63) is 29.3 Å². The van der Waals surface area contributed by atoms with Crippen LogP contribution in [0, 0.1) is 21.7 Å². The van der Waals surface area contributed by atoms with Crippen molar-refractivity contribution in [3.8, 4) is 0 Å². The number of rotatable bonds is 3. The van der Waals surface area contributed by atoms with Gasteiger partial charge in [0.05, 0.1) is 8.07 Å². The van der Waals surface area contributed by atoms with E-state index in [1.54, 1.807) is 16.3 Å². The van der Waals surface area contributed by atoms with Gasteiger partial charge in [0.15, 0.2) is 0 Å². The molecular formula is C27H42Si. The maximum Gasteiger partial charge on any atom is 0.0776 e.